The second-order valence-corrected chi connectivity index (χ2v) is 6.74. The van der Waals surface area contributed by atoms with Crippen molar-refractivity contribution in [2.45, 2.75) is 31.2 Å². The average Bonchev–Trinajstić information content (AvgIpc) is 3.32. The van der Waals surface area contributed by atoms with Gasteiger partial charge in [0.25, 0.3) is 0 Å². The lowest BCUT2D eigenvalue weighted by atomic mass is 9.96. The number of aryl methyl sites for hydroxylation is 1. The average molecular weight is 318 g/mol. The van der Waals surface area contributed by atoms with Crippen LogP contribution in [0.2, 0.25) is 0 Å². The maximum atomic E-state index is 12.3. The third kappa shape index (κ3) is 2.94. The first-order valence-corrected chi connectivity index (χ1v) is 8.63. The van der Waals surface area contributed by atoms with E-state index in [0.717, 1.165) is 13.1 Å². The fourth-order valence-corrected chi connectivity index (χ4v) is 3.42. The molecule has 1 N–H and O–H groups in total. The van der Waals surface area contributed by atoms with Crippen molar-refractivity contribution >= 4 is 16.8 Å². The number of nitrogens with zero attached hydrogens (tertiary/aromatic N) is 1. The first kappa shape index (κ1) is 15.0. The molecule has 24 heavy (non-hydrogen) atoms. The van der Waals surface area contributed by atoms with Crippen molar-refractivity contribution in [2.24, 2.45) is 0 Å². The van der Waals surface area contributed by atoms with E-state index in [9.17, 15) is 4.79 Å². The number of carbonyl (C=O) groups is 1. The lowest BCUT2D eigenvalue weighted by Gasteiger charge is -2.16. The van der Waals surface area contributed by atoms with Crippen LogP contribution in [0.3, 0.4) is 0 Å². The number of carbonyl (C=O) groups excluding carboxylic acids is 1. The minimum atomic E-state index is 0.134. The van der Waals surface area contributed by atoms with Crippen LogP contribution in [0.25, 0.3) is 10.9 Å². The Labute approximate surface area is 142 Å². The molecule has 1 heterocycles. The molecule has 0 aliphatic heterocycles. The van der Waals surface area contributed by atoms with Gasteiger partial charge in [-0.1, -0.05) is 48.5 Å². The smallest absolute Gasteiger partial charge is 0.221 e. The number of nitrogens with one attached hydrogen (secondary N) is 1. The lowest BCUT2D eigenvalue weighted by molar-refractivity contribution is -0.121. The Kier molecular flexibility index (Phi) is 3.85. The highest BCUT2D eigenvalue weighted by Crippen LogP contribution is 2.47. The van der Waals surface area contributed by atoms with Gasteiger partial charge in [-0.3, -0.25) is 4.79 Å². The monoisotopic (exact) mass is 318 g/mol. The number of fused-ring (bicyclic) bond motifs is 1. The summed E-state index contributed by atoms with van der Waals surface area (Å²) in [5.41, 5.74) is 2.71. The molecular weight excluding hydrogens is 296 g/mol. The molecule has 3 heteroatoms. The Balaban J connectivity index is 1.33. The number of amides is 1. The Morgan fingerprint density at radius 1 is 1.00 bits per heavy atom. The number of rotatable bonds is 6. The summed E-state index contributed by atoms with van der Waals surface area (Å²) in [5, 5.41) is 4.36. The molecule has 0 unspecified atom stereocenters. The number of hydrogen-bond acceptors (Lipinski definition) is 1. The van der Waals surface area contributed by atoms with Crippen LogP contribution < -0.4 is 5.32 Å². The molecule has 1 aromatic heterocycles. The number of aromatic nitrogens is 1. The van der Waals surface area contributed by atoms with Gasteiger partial charge in [-0.05, 0) is 35.9 Å². The molecule has 0 atom stereocenters. The minimum absolute atomic E-state index is 0.134. The maximum Gasteiger partial charge on any atom is 0.221 e. The lowest BCUT2D eigenvalue weighted by Crippen LogP contribution is -2.32. The van der Waals surface area contributed by atoms with E-state index in [4.69, 9.17) is 0 Å². The molecule has 1 amide bonds. The fraction of sp³-hybridized carbons (Fsp3) is 0.286. The van der Waals surface area contributed by atoms with E-state index in [1.165, 1.54) is 29.3 Å². The highest BCUT2D eigenvalue weighted by Gasteiger charge is 2.44. The standard InChI is InChI=1S/C21H22N2O/c24-20(11-15-23-14-10-17-6-4-5-9-19(17)23)22-16-21(12-13-21)18-7-2-1-3-8-18/h1-10,14H,11-13,15-16H2,(H,22,24). The maximum absolute atomic E-state index is 12.3. The van der Waals surface area contributed by atoms with Crippen molar-refractivity contribution < 1.29 is 4.79 Å². The third-order valence-electron chi connectivity index (χ3n) is 5.12. The third-order valence-corrected chi connectivity index (χ3v) is 5.12. The molecule has 3 aromatic rings. The summed E-state index contributed by atoms with van der Waals surface area (Å²) in [6, 6.07) is 20.9. The zero-order valence-corrected chi connectivity index (χ0v) is 13.7. The molecule has 0 bridgehead atoms. The van der Waals surface area contributed by atoms with Crippen LogP contribution in [-0.2, 0) is 16.8 Å². The van der Waals surface area contributed by atoms with Gasteiger partial charge >= 0.3 is 0 Å². The summed E-state index contributed by atoms with van der Waals surface area (Å²) in [7, 11) is 0. The van der Waals surface area contributed by atoms with Crippen LogP contribution in [0.1, 0.15) is 24.8 Å². The molecule has 122 valence electrons. The van der Waals surface area contributed by atoms with Crippen LogP contribution in [-0.4, -0.2) is 17.0 Å². The predicted octanol–water partition coefficient (Wildman–Crippen LogP) is 3.88. The molecule has 1 saturated carbocycles. The van der Waals surface area contributed by atoms with Crippen molar-refractivity contribution in [1.82, 2.24) is 9.88 Å². The van der Waals surface area contributed by atoms with Gasteiger partial charge in [0.15, 0.2) is 0 Å². The van der Waals surface area contributed by atoms with Gasteiger partial charge in [-0.15, -0.1) is 0 Å². The number of hydrogen-bond donors (Lipinski definition) is 1. The van der Waals surface area contributed by atoms with E-state index in [0.29, 0.717) is 6.42 Å². The van der Waals surface area contributed by atoms with Gasteiger partial charge in [-0.25, -0.2) is 0 Å². The topological polar surface area (TPSA) is 34.0 Å². The minimum Gasteiger partial charge on any atom is -0.355 e. The van der Waals surface area contributed by atoms with Gasteiger partial charge in [0.05, 0.1) is 0 Å². The Bertz CT molecular complexity index is 846. The quantitative estimate of drug-likeness (QED) is 0.735. The number of benzene rings is 2. The molecule has 4 rings (SSSR count). The van der Waals surface area contributed by atoms with Crippen molar-refractivity contribution in [3.05, 3.63) is 72.4 Å². The van der Waals surface area contributed by atoms with E-state index < -0.39 is 0 Å². The summed E-state index contributed by atoms with van der Waals surface area (Å²) < 4.78 is 2.15. The van der Waals surface area contributed by atoms with Crippen LogP contribution in [0.5, 0.6) is 0 Å². The van der Waals surface area contributed by atoms with Crippen molar-refractivity contribution in [2.75, 3.05) is 6.54 Å². The molecule has 0 saturated heterocycles. The van der Waals surface area contributed by atoms with Crippen LogP contribution >= 0.6 is 0 Å². The predicted molar refractivity (Wildman–Crippen MR) is 96.9 cm³/mol. The van der Waals surface area contributed by atoms with Crippen LogP contribution in [0.4, 0.5) is 0 Å². The Morgan fingerprint density at radius 3 is 2.54 bits per heavy atom. The Hall–Kier alpha value is -2.55. The van der Waals surface area contributed by atoms with Crippen LogP contribution in [0.15, 0.2) is 66.9 Å². The first-order valence-electron chi connectivity index (χ1n) is 8.63. The largest absolute Gasteiger partial charge is 0.355 e. The van der Waals surface area contributed by atoms with Crippen molar-refractivity contribution in [1.29, 1.82) is 0 Å². The van der Waals surface area contributed by atoms with Gasteiger partial charge in [0, 0.05) is 36.6 Å². The molecule has 0 radical (unpaired) electrons. The van der Waals surface area contributed by atoms with E-state index in [2.05, 4.69) is 58.5 Å². The van der Waals surface area contributed by atoms with E-state index in [-0.39, 0.29) is 11.3 Å². The summed E-state index contributed by atoms with van der Waals surface area (Å²) in [6.45, 7) is 1.47. The highest BCUT2D eigenvalue weighted by atomic mass is 16.1. The Morgan fingerprint density at radius 2 is 1.75 bits per heavy atom. The van der Waals surface area contributed by atoms with Crippen LogP contribution in [0, 0.1) is 0 Å². The van der Waals surface area contributed by atoms with Gasteiger partial charge in [0.1, 0.15) is 0 Å². The zero-order valence-electron chi connectivity index (χ0n) is 13.7. The first-order chi connectivity index (χ1) is 11.8. The van der Waals surface area contributed by atoms with Crippen molar-refractivity contribution in [3.63, 3.8) is 0 Å². The fourth-order valence-electron chi connectivity index (χ4n) is 3.42. The molecule has 1 aliphatic carbocycles. The number of para-hydroxylation sites is 1. The molecule has 1 aliphatic rings. The second kappa shape index (κ2) is 6.16. The zero-order chi connectivity index (χ0) is 16.4. The van der Waals surface area contributed by atoms with E-state index >= 15 is 0 Å². The van der Waals surface area contributed by atoms with Gasteiger partial charge in [0.2, 0.25) is 5.91 Å². The second-order valence-electron chi connectivity index (χ2n) is 6.74. The summed E-state index contributed by atoms with van der Waals surface area (Å²) in [6.07, 6.45) is 4.91. The molecule has 0 spiro atoms. The normalized spacial score (nSPS) is 15.3. The highest BCUT2D eigenvalue weighted by molar-refractivity contribution is 5.80. The van der Waals surface area contributed by atoms with Gasteiger partial charge in [-0.2, -0.15) is 0 Å². The molecule has 1 fully saturated rings. The van der Waals surface area contributed by atoms with Crippen molar-refractivity contribution in [3.8, 4) is 0 Å². The molecular formula is C21H22N2O. The van der Waals surface area contributed by atoms with Gasteiger partial charge < -0.3 is 9.88 Å². The van der Waals surface area contributed by atoms with E-state index in [1.54, 1.807) is 0 Å². The summed E-state index contributed by atoms with van der Waals surface area (Å²) in [4.78, 5) is 12.3. The SMILES string of the molecule is O=C(CCn1ccc2ccccc21)NCC1(c2ccccc2)CC1. The summed E-state index contributed by atoms with van der Waals surface area (Å²) in [5.74, 6) is 0.134. The molecule has 3 nitrogen and oxygen atoms in total. The summed E-state index contributed by atoms with van der Waals surface area (Å²) >= 11 is 0. The van der Waals surface area contributed by atoms with E-state index in [1.807, 2.05) is 18.2 Å². The molecule has 2 aromatic carbocycles.